The summed E-state index contributed by atoms with van der Waals surface area (Å²) < 4.78 is 13.6. The molecule has 0 saturated carbocycles. The second kappa shape index (κ2) is 4.22. The highest BCUT2D eigenvalue weighted by molar-refractivity contribution is 9.10. The maximum Gasteiger partial charge on any atom is 0.228 e. The Labute approximate surface area is 104 Å². The third-order valence-corrected chi connectivity index (χ3v) is 3.70. The molecular formula is C10H8Br2FNO. The summed E-state index contributed by atoms with van der Waals surface area (Å²) in [4.78, 5) is 13.3. The Bertz CT molecular complexity index is 410. The average Bonchev–Trinajstić information content (AvgIpc) is 2.50. The maximum absolute atomic E-state index is 13.3. The van der Waals surface area contributed by atoms with Gasteiger partial charge in [0.05, 0.1) is 10.2 Å². The Morgan fingerprint density at radius 3 is 2.80 bits per heavy atom. The predicted octanol–water partition coefficient (Wildman–Crippen LogP) is 3.09. The number of carbonyl (C=O) groups is 1. The molecule has 2 nitrogen and oxygen atoms in total. The van der Waals surface area contributed by atoms with Gasteiger partial charge in [0.2, 0.25) is 5.91 Å². The number of anilines is 1. The lowest BCUT2D eigenvalue weighted by Gasteiger charge is -2.17. The monoisotopic (exact) mass is 335 g/mol. The summed E-state index contributed by atoms with van der Waals surface area (Å²) in [6.07, 6.45) is 0.461. The van der Waals surface area contributed by atoms with E-state index in [0.29, 0.717) is 23.1 Å². The molecule has 1 aromatic carbocycles. The molecule has 1 fully saturated rings. The van der Waals surface area contributed by atoms with Crippen LogP contribution in [0.1, 0.15) is 6.42 Å². The molecule has 5 heteroatoms. The number of benzene rings is 1. The summed E-state index contributed by atoms with van der Waals surface area (Å²) in [5, 5.41) is 0. The van der Waals surface area contributed by atoms with Crippen LogP contribution in [0.3, 0.4) is 0 Å². The zero-order valence-corrected chi connectivity index (χ0v) is 10.9. The third kappa shape index (κ3) is 2.08. The summed E-state index contributed by atoms with van der Waals surface area (Å²) in [6.45, 7) is 0.584. The van der Waals surface area contributed by atoms with Gasteiger partial charge in [-0.2, -0.15) is 0 Å². The van der Waals surface area contributed by atoms with E-state index in [2.05, 4.69) is 31.9 Å². The van der Waals surface area contributed by atoms with Crippen LogP contribution in [0.2, 0.25) is 0 Å². The lowest BCUT2D eigenvalue weighted by molar-refractivity contribution is -0.117. The van der Waals surface area contributed by atoms with Crippen molar-refractivity contribution in [1.82, 2.24) is 0 Å². The van der Waals surface area contributed by atoms with E-state index in [1.165, 1.54) is 6.07 Å². The largest absolute Gasteiger partial charge is 0.310 e. The Morgan fingerprint density at radius 1 is 1.47 bits per heavy atom. The predicted molar refractivity (Wildman–Crippen MR) is 63.8 cm³/mol. The van der Waals surface area contributed by atoms with Crippen LogP contribution >= 0.6 is 31.9 Å². The van der Waals surface area contributed by atoms with Crippen molar-refractivity contribution in [3.8, 4) is 0 Å². The molecule has 0 bridgehead atoms. The molecule has 1 aromatic rings. The van der Waals surface area contributed by atoms with E-state index in [1.54, 1.807) is 17.0 Å². The molecular weight excluding hydrogens is 329 g/mol. The zero-order chi connectivity index (χ0) is 11.0. The molecule has 0 aromatic heterocycles. The molecule has 1 amide bonds. The molecule has 2 rings (SSSR count). The van der Waals surface area contributed by atoms with Crippen molar-refractivity contribution in [3.05, 3.63) is 28.5 Å². The minimum atomic E-state index is -0.349. The number of amides is 1. The Kier molecular flexibility index (Phi) is 3.11. The molecule has 1 aliphatic heterocycles. The first-order valence-corrected chi connectivity index (χ1v) is 6.19. The summed E-state index contributed by atoms with van der Waals surface area (Å²) in [5.74, 6) is -0.332. The normalized spacial score (nSPS) is 21.1. The van der Waals surface area contributed by atoms with Crippen molar-refractivity contribution in [1.29, 1.82) is 0 Å². The number of hydrogen-bond acceptors (Lipinski definition) is 1. The fourth-order valence-electron chi connectivity index (χ4n) is 1.60. The smallest absolute Gasteiger partial charge is 0.228 e. The van der Waals surface area contributed by atoms with Gasteiger partial charge in [-0.15, -0.1) is 0 Å². The quantitative estimate of drug-likeness (QED) is 0.722. The van der Waals surface area contributed by atoms with Crippen molar-refractivity contribution in [2.24, 2.45) is 0 Å². The molecule has 0 radical (unpaired) electrons. The van der Waals surface area contributed by atoms with Crippen LogP contribution in [0.25, 0.3) is 0 Å². The van der Waals surface area contributed by atoms with Gasteiger partial charge in [-0.3, -0.25) is 4.79 Å². The highest BCUT2D eigenvalue weighted by atomic mass is 79.9. The molecule has 1 unspecified atom stereocenters. The lowest BCUT2D eigenvalue weighted by atomic mass is 10.3. The first kappa shape index (κ1) is 11.1. The highest BCUT2D eigenvalue weighted by Gasteiger charge is 2.30. The summed E-state index contributed by atoms with van der Waals surface area (Å²) in [7, 11) is 0. The van der Waals surface area contributed by atoms with Crippen LogP contribution < -0.4 is 4.90 Å². The summed E-state index contributed by atoms with van der Waals surface area (Å²) in [6, 6.07) is 4.69. The van der Waals surface area contributed by atoms with E-state index in [4.69, 9.17) is 0 Å². The fraction of sp³-hybridized carbons (Fsp3) is 0.300. The minimum absolute atomic E-state index is 0.0168. The molecule has 1 atom stereocenters. The molecule has 15 heavy (non-hydrogen) atoms. The number of nitrogens with zero attached hydrogens (tertiary/aromatic N) is 1. The van der Waals surface area contributed by atoms with Gasteiger partial charge in [0.15, 0.2) is 0 Å². The number of hydrogen-bond donors (Lipinski definition) is 0. The van der Waals surface area contributed by atoms with Gasteiger partial charge < -0.3 is 4.90 Å². The van der Waals surface area contributed by atoms with Gasteiger partial charge in [0, 0.05) is 17.8 Å². The van der Waals surface area contributed by atoms with E-state index in [-0.39, 0.29) is 16.6 Å². The summed E-state index contributed by atoms with van der Waals surface area (Å²) in [5.41, 5.74) is 0.599. The minimum Gasteiger partial charge on any atom is -0.310 e. The van der Waals surface area contributed by atoms with Crippen molar-refractivity contribution in [3.63, 3.8) is 0 Å². The van der Waals surface area contributed by atoms with Crippen molar-refractivity contribution in [2.45, 2.75) is 11.2 Å². The van der Waals surface area contributed by atoms with Gasteiger partial charge in [-0.1, -0.05) is 22.0 Å². The van der Waals surface area contributed by atoms with E-state index >= 15 is 0 Å². The van der Waals surface area contributed by atoms with Crippen LogP contribution in [-0.4, -0.2) is 17.3 Å². The first-order valence-electron chi connectivity index (χ1n) is 4.48. The molecule has 0 N–H and O–H groups in total. The Morgan fingerprint density at radius 2 is 2.20 bits per heavy atom. The van der Waals surface area contributed by atoms with E-state index in [1.807, 2.05) is 0 Å². The molecule has 80 valence electrons. The molecule has 0 spiro atoms. The molecule has 0 aliphatic carbocycles. The van der Waals surface area contributed by atoms with Gasteiger partial charge in [-0.25, -0.2) is 4.39 Å². The van der Waals surface area contributed by atoms with Crippen molar-refractivity contribution < 1.29 is 9.18 Å². The number of alkyl halides is 1. The standard InChI is InChI=1S/C10H8Br2FNO/c11-6-4-9(15)14(5-6)8-3-1-2-7(13)10(8)12/h1-3,6H,4-5H2. The third-order valence-electron chi connectivity index (χ3n) is 2.30. The van der Waals surface area contributed by atoms with Crippen LogP contribution in [0, 0.1) is 5.82 Å². The topological polar surface area (TPSA) is 20.3 Å². The second-order valence-corrected chi connectivity index (χ2v) is 5.47. The molecule has 1 heterocycles. The van der Waals surface area contributed by atoms with Gasteiger partial charge in [-0.05, 0) is 28.1 Å². The molecule has 1 aliphatic rings. The van der Waals surface area contributed by atoms with Gasteiger partial charge in [0.25, 0.3) is 0 Å². The highest BCUT2D eigenvalue weighted by Crippen LogP contribution is 2.32. The van der Waals surface area contributed by atoms with Crippen LogP contribution in [0.4, 0.5) is 10.1 Å². The SMILES string of the molecule is O=C1CC(Br)CN1c1cccc(F)c1Br. The summed E-state index contributed by atoms with van der Waals surface area (Å²) >= 11 is 6.54. The van der Waals surface area contributed by atoms with E-state index in [9.17, 15) is 9.18 Å². The van der Waals surface area contributed by atoms with E-state index < -0.39 is 0 Å². The maximum atomic E-state index is 13.3. The average molecular weight is 337 g/mol. The number of rotatable bonds is 1. The molecule has 1 saturated heterocycles. The van der Waals surface area contributed by atoms with Crippen molar-refractivity contribution >= 4 is 43.5 Å². The van der Waals surface area contributed by atoms with Gasteiger partial charge in [0.1, 0.15) is 5.82 Å². The van der Waals surface area contributed by atoms with Crippen LogP contribution in [0.15, 0.2) is 22.7 Å². The van der Waals surface area contributed by atoms with Crippen LogP contribution in [0.5, 0.6) is 0 Å². The van der Waals surface area contributed by atoms with Gasteiger partial charge >= 0.3 is 0 Å². The van der Waals surface area contributed by atoms with Crippen LogP contribution in [-0.2, 0) is 4.79 Å². The zero-order valence-electron chi connectivity index (χ0n) is 7.71. The second-order valence-electron chi connectivity index (χ2n) is 3.38. The lowest BCUT2D eigenvalue weighted by Crippen LogP contribution is -2.25. The van der Waals surface area contributed by atoms with Crippen molar-refractivity contribution in [2.75, 3.05) is 11.4 Å². The number of carbonyl (C=O) groups excluding carboxylic acids is 1. The fourth-order valence-corrected chi connectivity index (χ4v) is 2.64. The first-order chi connectivity index (χ1) is 7.09. The van der Waals surface area contributed by atoms with E-state index in [0.717, 1.165) is 0 Å². The number of halogens is 3. The Hall–Kier alpha value is -0.420. The Balaban J connectivity index is 2.38.